The number of unbranched alkanes of at least 4 members (excludes halogenated alkanes) is 1. The Labute approximate surface area is 121 Å². The molecule has 0 spiro atoms. The first-order valence-corrected chi connectivity index (χ1v) is 7.16. The number of ether oxygens (including phenoxy) is 1. The molecule has 0 aliphatic carbocycles. The van der Waals surface area contributed by atoms with E-state index in [1.54, 1.807) is 0 Å². The zero-order valence-corrected chi connectivity index (χ0v) is 12.9. The van der Waals surface area contributed by atoms with Crippen LogP contribution >= 0.6 is 0 Å². The van der Waals surface area contributed by atoms with E-state index < -0.39 is 0 Å². The maximum absolute atomic E-state index is 5.49. The number of anilines is 3. The molecule has 0 aliphatic rings. The van der Waals surface area contributed by atoms with Gasteiger partial charge in [0.25, 0.3) is 0 Å². The average molecular weight is 282 g/mol. The van der Waals surface area contributed by atoms with E-state index in [1.807, 2.05) is 25.9 Å². The topological polar surface area (TPSA) is 75.2 Å². The SMILES string of the molecule is CCCCOCCNc1nc(NCC)nc(N(C)C)n1. The van der Waals surface area contributed by atoms with Gasteiger partial charge in [0.1, 0.15) is 0 Å². The quantitative estimate of drug-likeness (QED) is 0.631. The normalized spacial score (nSPS) is 10.4. The van der Waals surface area contributed by atoms with Crippen molar-refractivity contribution in [3.8, 4) is 0 Å². The monoisotopic (exact) mass is 282 g/mol. The molecule has 1 rings (SSSR count). The van der Waals surface area contributed by atoms with Crippen molar-refractivity contribution in [1.82, 2.24) is 15.0 Å². The van der Waals surface area contributed by atoms with Crippen LogP contribution in [0.15, 0.2) is 0 Å². The first-order chi connectivity index (χ1) is 9.67. The molecule has 7 nitrogen and oxygen atoms in total. The first kappa shape index (κ1) is 16.4. The van der Waals surface area contributed by atoms with E-state index in [1.165, 1.54) is 0 Å². The molecule has 0 saturated carbocycles. The molecule has 7 heteroatoms. The van der Waals surface area contributed by atoms with Crippen molar-refractivity contribution >= 4 is 17.8 Å². The smallest absolute Gasteiger partial charge is 0.231 e. The third-order valence-electron chi connectivity index (χ3n) is 2.53. The van der Waals surface area contributed by atoms with Crippen LogP contribution in [0.5, 0.6) is 0 Å². The molecule has 0 bridgehead atoms. The molecular formula is C13H26N6O. The fourth-order valence-corrected chi connectivity index (χ4v) is 1.46. The Morgan fingerprint density at radius 1 is 1.00 bits per heavy atom. The van der Waals surface area contributed by atoms with Crippen molar-refractivity contribution < 1.29 is 4.74 Å². The lowest BCUT2D eigenvalue weighted by Crippen LogP contribution is -2.18. The Bertz CT molecular complexity index is 385. The lowest BCUT2D eigenvalue weighted by atomic mass is 10.4. The van der Waals surface area contributed by atoms with E-state index in [2.05, 4.69) is 32.5 Å². The maximum Gasteiger partial charge on any atom is 0.231 e. The number of nitrogens with zero attached hydrogens (tertiary/aromatic N) is 4. The molecular weight excluding hydrogens is 256 g/mol. The fraction of sp³-hybridized carbons (Fsp3) is 0.769. The standard InChI is InChI=1S/C13H26N6O/c1-5-7-9-20-10-8-15-12-16-11(14-6-2)17-13(18-12)19(3)4/h5-10H2,1-4H3,(H2,14,15,16,17,18). The summed E-state index contributed by atoms with van der Waals surface area (Å²) in [5.74, 6) is 1.78. The van der Waals surface area contributed by atoms with Crippen LogP contribution in [0.2, 0.25) is 0 Å². The molecule has 0 saturated heterocycles. The molecule has 2 N–H and O–H groups in total. The third kappa shape index (κ3) is 6.01. The van der Waals surface area contributed by atoms with Gasteiger partial charge in [0, 0.05) is 33.8 Å². The molecule has 0 aliphatic heterocycles. The Hall–Kier alpha value is -1.63. The van der Waals surface area contributed by atoms with E-state index in [0.29, 0.717) is 31.0 Å². The Morgan fingerprint density at radius 2 is 1.70 bits per heavy atom. The van der Waals surface area contributed by atoms with Crippen molar-refractivity contribution in [3.63, 3.8) is 0 Å². The van der Waals surface area contributed by atoms with Crippen LogP contribution in [0.3, 0.4) is 0 Å². The summed E-state index contributed by atoms with van der Waals surface area (Å²) in [4.78, 5) is 14.8. The van der Waals surface area contributed by atoms with Crippen LogP contribution in [-0.4, -0.2) is 55.4 Å². The average Bonchev–Trinajstić information content (AvgIpc) is 2.43. The highest BCUT2D eigenvalue weighted by Crippen LogP contribution is 2.10. The molecule has 1 aromatic heterocycles. The summed E-state index contributed by atoms with van der Waals surface area (Å²) in [5.41, 5.74) is 0. The summed E-state index contributed by atoms with van der Waals surface area (Å²) in [7, 11) is 3.81. The van der Waals surface area contributed by atoms with Crippen molar-refractivity contribution in [2.24, 2.45) is 0 Å². The van der Waals surface area contributed by atoms with Gasteiger partial charge in [0.2, 0.25) is 17.8 Å². The summed E-state index contributed by atoms with van der Waals surface area (Å²) in [5, 5.41) is 6.26. The van der Waals surface area contributed by atoms with Crippen molar-refractivity contribution in [3.05, 3.63) is 0 Å². The van der Waals surface area contributed by atoms with E-state index in [9.17, 15) is 0 Å². The lowest BCUT2D eigenvalue weighted by molar-refractivity contribution is 0.141. The number of hydrogen-bond donors (Lipinski definition) is 2. The highest BCUT2D eigenvalue weighted by Gasteiger charge is 2.07. The molecule has 0 aromatic carbocycles. The second-order valence-electron chi connectivity index (χ2n) is 4.60. The first-order valence-electron chi connectivity index (χ1n) is 7.16. The number of hydrogen-bond acceptors (Lipinski definition) is 7. The van der Waals surface area contributed by atoms with Gasteiger partial charge < -0.3 is 20.3 Å². The van der Waals surface area contributed by atoms with Gasteiger partial charge in [-0.25, -0.2) is 0 Å². The van der Waals surface area contributed by atoms with Crippen LogP contribution < -0.4 is 15.5 Å². The van der Waals surface area contributed by atoms with E-state index >= 15 is 0 Å². The van der Waals surface area contributed by atoms with Gasteiger partial charge in [-0.2, -0.15) is 15.0 Å². The number of nitrogens with one attached hydrogen (secondary N) is 2. The minimum absolute atomic E-state index is 0.568. The summed E-state index contributed by atoms with van der Waals surface area (Å²) in [6, 6.07) is 0. The van der Waals surface area contributed by atoms with Crippen LogP contribution in [-0.2, 0) is 4.74 Å². The molecule has 0 amide bonds. The molecule has 0 radical (unpaired) electrons. The zero-order chi connectivity index (χ0) is 14.8. The van der Waals surface area contributed by atoms with Crippen molar-refractivity contribution in [2.45, 2.75) is 26.7 Å². The third-order valence-corrected chi connectivity index (χ3v) is 2.53. The molecule has 20 heavy (non-hydrogen) atoms. The molecule has 114 valence electrons. The summed E-state index contributed by atoms with van der Waals surface area (Å²) in [6.45, 7) is 7.08. The number of aromatic nitrogens is 3. The highest BCUT2D eigenvalue weighted by atomic mass is 16.5. The van der Waals surface area contributed by atoms with Gasteiger partial charge >= 0.3 is 0 Å². The molecule has 1 heterocycles. The molecule has 0 atom stereocenters. The van der Waals surface area contributed by atoms with Gasteiger partial charge in [0.05, 0.1) is 6.61 Å². The Morgan fingerprint density at radius 3 is 2.30 bits per heavy atom. The predicted molar refractivity (Wildman–Crippen MR) is 82.5 cm³/mol. The van der Waals surface area contributed by atoms with Crippen molar-refractivity contribution in [2.75, 3.05) is 55.9 Å². The van der Waals surface area contributed by atoms with Gasteiger partial charge in [-0.1, -0.05) is 13.3 Å². The fourth-order valence-electron chi connectivity index (χ4n) is 1.46. The summed E-state index contributed by atoms with van der Waals surface area (Å²) in [6.07, 6.45) is 2.25. The van der Waals surface area contributed by atoms with Crippen LogP contribution in [0.4, 0.5) is 17.8 Å². The second kappa shape index (κ2) is 9.30. The largest absolute Gasteiger partial charge is 0.380 e. The van der Waals surface area contributed by atoms with Crippen LogP contribution in [0.1, 0.15) is 26.7 Å². The molecule has 1 aromatic rings. The Balaban J connectivity index is 2.50. The molecule has 0 unspecified atom stereocenters. The summed E-state index contributed by atoms with van der Waals surface area (Å²) >= 11 is 0. The van der Waals surface area contributed by atoms with E-state index in [4.69, 9.17) is 4.74 Å². The molecule has 0 fully saturated rings. The minimum Gasteiger partial charge on any atom is -0.380 e. The zero-order valence-electron chi connectivity index (χ0n) is 12.9. The van der Waals surface area contributed by atoms with Gasteiger partial charge in [-0.15, -0.1) is 0 Å². The van der Waals surface area contributed by atoms with Crippen molar-refractivity contribution in [1.29, 1.82) is 0 Å². The summed E-state index contributed by atoms with van der Waals surface area (Å²) < 4.78 is 5.49. The maximum atomic E-state index is 5.49. The predicted octanol–water partition coefficient (Wildman–Crippen LogP) is 1.60. The van der Waals surface area contributed by atoms with Crippen LogP contribution in [0.25, 0.3) is 0 Å². The second-order valence-corrected chi connectivity index (χ2v) is 4.60. The van der Waals surface area contributed by atoms with E-state index in [-0.39, 0.29) is 0 Å². The van der Waals surface area contributed by atoms with Gasteiger partial charge in [0.15, 0.2) is 0 Å². The van der Waals surface area contributed by atoms with Gasteiger partial charge in [-0.05, 0) is 13.3 Å². The highest BCUT2D eigenvalue weighted by molar-refractivity contribution is 5.42. The number of rotatable bonds is 10. The van der Waals surface area contributed by atoms with E-state index in [0.717, 1.165) is 26.0 Å². The lowest BCUT2D eigenvalue weighted by Gasteiger charge is -2.13. The van der Waals surface area contributed by atoms with Gasteiger partial charge in [-0.3, -0.25) is 0 Å². The van der Waals surface area contributed by atoms with Crippen LogP contribution in [0, 0.1) is 0 Å². The minimum atomic E-state index is 0.568. The Kier molecular flexibility index (Phi) is 7.64.